The Morgan fingerprint density at radius 3 is 2.40 bits per heavy atom. The van der Waals surface area contributed by atoms with Gasteiger partial charge in [0.1, 0.15) is 12.2 Å². The highest BCUT2D eigenvalue weighted by Gasteiger charge is 2.42. The van der Waals surface area contributed by atoms with Gasteiger partial charge in [0.2, 0.25) is 5.90 Å². The first-order chi connectivity index (χ1) is 9.71. The van der Waals surface area contributed by atoms with E-state index in [0.29, 0.717) is 13.2 Å². The molecule has 0 aromatic heterocycles. The van der Waals surface area contributed by atoms with Gasteiger partial charge >= 0.3 is 0 Å². The van der Waals surface area contributed by atoms with E-state index in [-0.39, 0.29) is 5.60 Å². The summed E-state index contributed by atoms with van der Waals surface area (Å²) in [5.41, 5.74) is 0.573. The Bertz CT molecular complexity index is 496. The predicted molar refractivity (Wildman–Crippen MR) is 86.7 cm³/mol. The molecule has 0 bridgehead atoms. The lowest BCUT2D eigenvalue weighted by atomic mass is 9.84. The minimum atomic E-state index is -0.300. The van der Waals surface area contributed by atoms with E-state index in [4.69, 9.17) is 14.5 Å². The van der Waals surface area contributed by atoms with E-state index in [1.807, 2.05) is 18.2 Å². The molecule has 20 heavy (non-hydrogen) atoms. The van der Waals surface area contributed by atoms with Gasteiger partial charge in [0.05, 0.1) is 12.3 Å². The highest BCUT2D eigenvalue weighted by atomic mass is 79.9. The van der Waals surface area contributed by atoms with Gasteiger partial charge in [0.15, 0.2) is 0 Å². The molecule has 108 valence electrons. The van der Waals surface area contributed by atoms with E-state index in [0.717, 1.165) is 33.4 Å². The molecule has 0 amide bonds. The van der Waals surface area contributed by atoms with Gasteiger partial charge in [-0.15, -0.1) is 0 Å². The van der Waals surface area contributed by atoms with E-state index in [1.165, 1.54) is 19.3 Å². The molecule has 0 unspecified atom stereocenters. The molecule has 0 atom stereocenters. The Morgan fingerprint density at radius 1 is 1.00 bits per heavy atom. The van der Waals surface area contributed by atoms with Crippen molar-refractivity contribution in [3.05, 3.63) is 27.1 Å². The van der Waals surface area contributed by atoms with Crippen LogP contribution in [0.25, 0.3) is 0 Å². The first-order valence-corrected chi connectivity index (χ1v) is 8.60. The highest BCUT2D eigenvalue weighted by Crippen LogP contribution is 2.39. The van der Waals surface area contributed by atoms with Crippen LogP contribution in [0.3, 0.4) is 0 Å². The van der Waals surface area contributed by atoms with Gasteiger partial charge in [-0.3, -0.25) is 0 Å². The molecule has 2 aliphatic rings. The number of para-hydroxylation sites is 1. The third-order valence-electron chi connectivity index (χ3n) is 3.90. The zero-order chi connectivity index (χ0) is 14.0. The van der Waals surface area contributed by atoms with Crippen molar-refractivity contribution in [2.24, 2.45) is 4.99 Å². The number of rotatable bonds is 1. The average Bonchev–Trinajstić information content (AvgIpc) is 2.46. The fraction of sp³-hybridized carbons (Fsp3) is 0.533. The molecule has 3 rings (SSSR count). The Morgan fingerprint density at radius 2 is 1.70 bits per heavy atom. The summed E-state index contributed by atoms with van der Waals surface area (Å²) in [6.07, 6.45) is 5.65. The van der Waals surface area contributed by atoms with Gasteiger partial charge in [-0.2, -0.15) is 0 Å². The van der Waals surface area contributed by atoms with Crippen molar-refractivity contribution in [3.8, 4) is 0 Å². The number of halogens is 2. The van der Waals surface area contributed by atoms with Crippen LogP contribution in [0.2, 0.25) is 0 Å². The quantitative estimate of drug-likeness (QED) is 0.662. The summed E-state index contributed by atoms with van der Waals surface area (Å²) in [6, 6.07) is 5.95. The van der Waals surface area contributed by atoms with Gasteiger partial charge in [-0.1, -0.05) is 25.3 Å². The van der Waals surface area contributed by atoms with Crippen LogP contribution in [0.4, 0.5) is 5.69 Å². The minimum Gasteiger partial charge on any atom is -0.476 e. The summed E-state index contributed by atoms with van der Waals surface area (Å²) in [7, 11) is 0. The molecular formula is C15H17Br2NO2. The second-order valence-electron chi connectivity index (χ2n) is 5.24. The second kappa shape index (κ2) is 6.16. The molecule has 0 N–H and O–H groups in total. The third kappa shape index (κ3) is 2.81. The maximum Gasteiger partial charge on any atom is 0.221 e. The van der Waals surface area contributed by atoms with Gasteiger partial charge in [-0.05, 0) is 56.8 Å². The summed E-state index contributed by atoms with van der Waals surface area (Å²) in [5.74, 6) is 0.746. The molecule has 5 heteroatoms. The summed E-state index contributed by atoms with van der Waals surface area (Å²) in [4.78, 5) is 4.77. The van der Waals surface area contributed by atoms with Crippen molar-refractivity contribution in [2.75, 3.05) is 13.2 Å². The molecule has 1 aromatic rings. The summed E-state index contributed by atoms with van der Waals surface area (Å²) in [6.45, 7) is 1.25. The van der Waals surface area contributed by atoms with Crippen LogP contribution in [-0.2, 0) is 9.47 Å². The fourth-order valence-corrected chi connectivity index (χ4v) is 4.06. The Hall–Kier alpha value is -0.390. The lowest BCUT2D eigenvalue weighted by molar-refractivity contribution is -0.0758. The fourth-order valence-electron chi connectivity index (χ4n) is 2.88. The van der Waals surface area contributed by atoms with Crippen LogP contribution < -0.4 is 0 Å². The SMILES string of the molecule is Brc1cccc(Br)c1N=C1OCCOC12CCCCC2. The summed E-state index contributed by atoms with van der Waals surface area (Å²) < 4.78 is 13.9. The van der Waals surface area contributed by atoms with Gasteiger partial charge in [-0.25, -0.2) is 4.99 Å². The van der Waals surface area contributed by atoms with E-state index >= 15 is 0 Å². The first-order valence-electron chi connectivity index (χ1n) is 7.01. The molecule has 1 aliphatic carbocycles. The van der Waals surface area contributed by atoms with Crippen LogP contribution in [0, 0.1) is 0 Å². The Labute approximate surface area is 136 Å². The monoisotopic (exact) mass is 401 g/mol. The average molecular weight is 403 g/mol. The van der Waals surface area contributed by atoms with Crippen molar-refractivity contribution >= 4 is 43.4 Å². The molecule has 1 spiro atoms. The maximum absolute atomic E-state index is 6.08. The minimum absolute atomic E-state index is 0.300. The second-order valence-corrected chi connectivity index (χ2v) is 6.95. The van der Waals surface area contributed by atoms with Crippen molar-refractivity contribution in [1.82, 2.24) is 0 Å². The number of ether oxygens (including phenoxy) is 2. The first kappa shape index (κ1) is 14.5. The van der Waals surface area contributed by atoms with Crippen molar-refractivity contribution < 1.29 is 9.47 Å². The molecule has 1 heterocycles. The van der Waals surface area contributed by atoms with E-state index in [2.05, 4.69) is 31.9 Å². The maximum atomic E-state index is 6.08. The molecule has 1 aromatic carbocycles. The van der Waals surface area contributed by atoms with Crippen molar-refractivity contribution in [3.63, 3.8) is 0 Å². The smallest absolute Gasteiger partial charge is 0.221 e. The zero-order valence-corrected chi connectivity index (χ0v) is 14.4. The number of hydrogen-bond donors (Lipinski definition) is 0. The van der Waals surface area contributed by atoms with Crippen molar-refractivity contribution in [2.45, 2.75) is 37.7 Å². The normalized spacial score (nSPS) is 23.8. The molecule has 1 saturated heterocycles. The number of nitrogens with zero attached hydrogens (tertiary/aromatic N) is 1. The highest BCUT2D eigenvalue weighted by molar-refractivity contribution is 9.11. The van der Waals surface area contributed by atoms with Crippen LogP contribution >= 0.6 is 31.9 Å². The molecule has 1 aliphatic heterocycles. The van der Waals surface area contributed by atoms with E-state index in [9.17, 15) is 0 Å². The van der Waals surface area contributed by atoms with E-state index in [1.54, 1.807) is 0 Å². The van der Waals surface area contributed by atoms with Crippen LogP contribution in [0.5, 0.6) is 0 Å². The predicted octanol–water partition coefficient (Wildman–Crippen LogP) is 4.99. The van der Waals surface area contributed by atoms with Crippen LogP contribution in [-0.4, -0.2) is 24.7 Å². The van der Waals surface area contributed by atoms with Gasteiger partial charge in [0.25, 0.3) is 0 Å². The van der Waals surface area contributed by atoms with Gasteiger partial charge < -0.3 is 9.47 Å². The van der Waals surface area contributed by atoms with E-state index < -0.39 is 0 Å². The molecular weight excluding hydrogens is 386 g/mol. The molecule has 0 radical (unpaired) electrons. The molecule has 2 fully saturated rings. The molecule has 3 nitrogen and oxygen atoms in total. The van der Waals surface area contributed by atoms with Gasteiger partial charge in [0, 0.05) is 8.95 Å². The van der Waals surface area contributed by atoms with Crippen LogP contribution in [0.1, 0.15) is 32.1 Å². The molecule has 1 saturated carbocycles. The van der Waals surface area contributed by atoms with Crippen molar-refractivity contribution in [1.29, 1.82) is 0 Å². The largest absolute Gasteiger partial charge is 0.476 e. The Kier molecular flexibility index (Phi) is 4.48. The zero-order valence-electron chi connectivity index (χ0n) is 11.2. The van der Waals surface area contributed by atoms with Crippen LogP contribution in [0.15, 0.2) is 32.1 Å². The summed E-state index contributed by atoms with van der Waals surface area (Å²) >= 11 is 7.11. The third-order valence-corrected chi connectivity index (χ3v) is 5.18. The lowest BCUT2D eigenvalue weighted by Crippen LogP contribution is -2.49. The lowest BCUT2D eigenvalue weighted by Gasteiger charge is -2.40. The standard InChI is InChI=1S/C15H17Br2NO2/c16-11-5-4-6-12(17)13(11)18-14-15(20-10-9-19-14)7-2-1-3-8-15/h4-6H,1-3,7-10H2. The number of benzene rings is 1. The Balaban J connectivity index is 1.99. The topological polar surface area (TPSA) is 30.8 Å². The number of hydrogen-bond acceptors (Lipinski definition) is 3. The number of aliphatic imine (C=N–C) groups is 1. The summed E-state index contributed by atoms with van der Waals surface area (Å²) in [5, 5.41) is 0.